The molecule has 120 valence electrons. The molecule has 0 aromatic carbocycles. The van der Waals surface area contributed by atoms with Crippen LogP contribution in [0.3, 0.4) is 0 Å². The van der Waals surface area contributed by atoms with Crippen molar-refractivity contribution in [2.24, 2.45) is 0 Å². The number of carbonyl (C=O) groups is 2. The first-order chi connectivity index (χ1) is 10.4. The number of amides is 1. The van der Waals surface area contributed by atoms with E-state index in [9.17, 15) is 19.7 Å². The predicted octanol–water partition coefficient (Wildman–Crippen LogP) is 1.28. The van der Waals surface area contributed by atoms with Gasteiger partial charge in [0.25, 0.3) is 0 Å². The maximum Gasteiger partial charge on any atom is 0.407 e. The van der Waals surface area contributed by atoms with Gasteiger partial charge < -0.3 is 14.7 Å². The van der Waals surface area contributed by atoms with Crippen LogP contribution in [0.1, 0.15) is 36.3 Å². The van der Waals surface area contributed by atoms with E-state index < -0.39 is 22.7 Å². The predicted molar refractivity (Wildman–Crippen MR) is 72.7 cm³/mol. The highest BCUT2D eigenvalue weighted by molar-refractivity contribution is 5.91. The molecule has 22 heavy (non-hydrogen) atoms. The van der Waals surface area contributed by atoms with E-state index in [2.05, 4.69) is 5.10 Å². The molecular formula is C12H16N4O6. The Morgan fingerprint density at radius 2 is 2.14 bits per heavy atom. The summed E-state index contributed by atoms with van der Waals surface area (Å²) in [6, 6.07) is -0.183. The minimum absolute atomic E-state index is 0.0971. The molecule has 0 unspecified atom stereocenters. The number of nitro groups is 1. The zero-order chi connectivity index (χ0) is 16.3. The van der Waals surface area contributed by atoms with Crippen molar-refractivity contribution in [3.05, 3.63) is 22.0 Å². The highest BCUT2D eigenvalue weighted by atomic mass is 16.6. The number of esters is 1. The van der Waals surface area contributed by atoms with Crippen molar-refractivity contribution in [2.45, 2.75) is 25.8 Å². The second-order valence-electron chi connectivity index (χ2n) is 4.82. The van der Waals surface area contributed by atoms with Crippen LogP contribution in [0.2, 0.25) is 0 Å². The topological polar surface area (TPSA) is 128 Å². The summed E-state index contributed by atoms with van der Waals surface area (Å²) in [5.74, 6) is -0.837. The zero-order valence-electron chi connectivity index (χ0n) is 12.0. The number of piperidine rings is 1. The summed E-state index contributed by atoms with van der Waals surface area (Å²) in [5, 5.41) is 23.9. The first-order valence-corrected chi connectivity index (χ1v) is 6.82. The van der Waals surface area contributed by atoms with Gasteiger partial charge in [-0.05, 0) is 19.8 Å². The van der Waals surface area contributed by atoms with Crippen LogP contribution in [0, 0.1) is 10.1 Å². The number of carboxylic acid groups (broad SMARTS) is 1. The minimum atomic E-state index is -0.989. The lowest BCUT2D eigenvalue weighted by Gasteiger charge is -2.29. The molecule has 0 radical (unpaired) electrons. The Morgan fingerprint density at radius 1 is 1.50 bits per heavy atom. The van der Waals surface area contributed by atoms with Crippen molar-refractivity contribution in [1.29, 1.82) is 0 Å². The molecule has 0 atom stereocenters. The molecule has 10 heteroatoms. The second-order valence-corrected chi connectivity index (χ2v) is 4.82. The van der Waals surface area contributed by atoms with Gasteiger partial charge in [-0.15, -0.1) is 0 Å². The van der Waals surface area contributed by atoms with E-state index in [1.54, 1.807) is 6.92 Å². The van der Waals surface area contributed by atoms with Crippen LogP contribution < -0.4 is 0 Å². The monoisotopic (exact) mass is 312 g/mol. The molecule has 1 fully saturated rings. The van der Waals surface area contributed by atoms with Crippen LogP contribution in [0.4, 0.5) is 10.5 Å². The largest absolute Gasteiger partial charge is 0.465 e. The van der Waals surface area contributed by atoms with Crippen molar-refractivity contribution in [2.75, 3.05) is 19.7 Å². The van der Waals surface area contributed by atoms with Crippen molar-refractivity contribution < 1.29 is 24.4 Å². The molecule has 1 saturated heterocycles. The first kappa shape index (κ1) is 15.7. The number of hydrogen-bond donors (Lipinski definition) is 1. The number of likely N-dealkylation sites (tertiary alicyclic amines) is 1. The van der Waals surface area contributed by atoms with Crippen LogP contribution in [0.5, 0.6) is 0 Å². The van der Waals surface area contributed by atoms with Crippen molar-refractivity contribution >= 4 is 17.7 Å². The number of aromatic nitrogens is 2. The number of nitrogens with zero attached hydrogens (tertiary/aromatic N) is 4. The molecule has 1 aromatic heterocycles. The summed E-state index contributed by atoms with van der Waals surface area (Å²) < 4.78 is 6.13. The van der Waals surface area contributed by atoms with Crippen molar-refractivity contribution in [3.63, 3.8) is 0 Å². The summed E-state index contributed by atoms with van der Waals surface area (Å²) in [7, 11) is 0. The number of ether oxygens (including phenoxy) is 1. The first-order valence-electron chi connectivity index (χ1n) is 6.82. The highest BCUT2D eigenvalue weighted by Crippen LogP contribution is 2.26. The summed E-state index contributed by atoms with van der Waals surface area (Å²) in [4.78, 5) is 34.2. The van der Waals surface area contributed by atoms with Gasteiger partial charge >= 0.3 is 17.7 Å². The van der Waals surface area contributed by atoms with Crippen LogP contribution >= 0.6 is 0 Å². The van der Waals surface area contributed by atoms with Gasteiger partial charge in [-0.3, -0.25) is 14.8 Å². The molecule has 0 aliphatic carbocycles. The summed E-state index contributed by atoms with van der Waals surface area (Å²) >= 11 is 0. The molecule has 1 N–H and O–H groups in total. The van der Waals surface area contributed by atoms with E-state index in [4.69, 9.17) is 9.84 Å². The molecule has 0 spiro atoms. The molecule has 1 aromatic rings. The molecule has 10 nitrogen and oxygen atoms in total. The van der Waals surface area contributed by atoms with E-state index in [-0.39, 0.29) is 18.3 Å². The van der Waals surface area contributed by atoms with Gasteiger partial charge in [-0.2, -0.15) is 5.10 Å². The van der Waals surface area contributed by atoms with Crippen molar-refractivity contribution in [1.82, 2.24) is 14.7 Å². The average Bonchev–Trinajstić information content (AvgIpc) is 2.93. The van der Waals surface area contributed by atoms with Crippen LogP contribution in [-0.4, -0.2) is 56.5 Å². The number of hydrogen-bond acceptors (Lipinski definition) is 6. The van der Waals surface area contributed by atoms with Gasteiger partial charge in [0, 0.05) is 13.1 Å². The molecular weight excluding hydrogens is 296 g/mol. The third-order valence-electron chi connectivity index (χ3n) is 3.49. The summed E-state index contributed by atoms with van der Waals surface area (Å²) in [5.41, 5.74) is -0.730. The Balaban J connectivity index is 2.19. The lowest BCUT2D eigenvalue weighted by Crippen LogP contribution is -2.38. The van der Waals surface area contributed by atoms with E-state index >= 15 is 0 Å². The van der Waals surface area contributed by atoms with Crippen molar-refractivity contribution in [3.8, 4) is 0 Å². The molecule has 0 bridgehead atoms. The fourth-order valence-electron chi connectivity index (χ4n) is 2.37. The minimum Gasteiger partial charge on any atom is -0.465 e. The quantitative estimate of drug-likeness (QED) is 0.504. The lowest BCUT2D eigenvalue weighted by atomic mass is 10.1. The summed E-state index contributed by atoms with van der Waals surface area (Å²) in [6.45, 7) is 2.34. The maximum absolute atomic E-state index is 11.7. The van der Waals surface area contributed by atoms with Gasteiger partial charge in [0.05, 0.1) is 17.6 Å². The Kier molecular flexibility index (Phi) is 4.59. The third-order valence-corrected chi connectivity index (χ3v) is 3.49. The normalized spacial score (nSPS) is 15.6. The van der Waals surface area contributed by atoms with E-state index in [0.717, 1.165) is 0 Å². The van der Waals surface area contributed by atoms with E-state index in [1.807, 2.05) is 0 Å². The molecule has 1 amide bonds. The SMILES string of the molecule is CCOC(=O)c1nn(C2CCN(C(=O)O)CC2)cc1[N+](=O)[O-]. The van der Waals surface area contributed by atoms with E-state index in [0.29, 0.717) is 25.9 Å². The Morgan fingerprint density at radius 3 is 2.64 bits per heavy atom. The second kappa shape index (κ2) is 6.41. The van der Waals surface area contributed by atoms with Gasteiger partial charge in [-0.25, -0.2) is 9.59 Å². The van der Waals surface area contributed by atoms with E-state index in [1.165, 1.54) is 15.8 Å². The fourth-order valence-corrected chi connectivity index (χ4v) is 2.37. The maximum atomic E-state index is 11.7. The molecule has 0 saturated carbocycles. The average molecular weight is 312 g/mol. The number of carbonyl (C=O) groups excluding carboxylic acids is 1. The highest BCUT2D eigenvalue weighted by Gasteiger charge is 2.31. The van der Waals surface area contributed by atoms with Gasteiger partial charge in [0.2, 0.25) is 5.69 Å². The number of rotatable bonds is 4. The van der Waals surface area contributed by atoms with Crippen LogP contribution in [0.25, 0.3) is 0 Å². The van der Waals surface area contributed by atoms with Crippen LogP contribution in [0.15, 0.2) is 6.20 Å². The Hall–Kier alpha value is -2.65. The molecule has 1 aliphatic heterocycles. The van der Waals surface area contributed by atoms with Gasteiger partial charge in [0.1, 0.15) is 6.20 Å². The fraction of sp³-hybridized carbons (Fsp3) is 0.583. The Bertz CT molecular complexity index is 590. The Labute approximate surface area is 125 Å². The molecule has 2 heterocycles. The van der Waals surface area contributed by atoms with Gasteiger partial charge in [0.15, 0.2) is 0 Å². The molecule has 2 rings (SSSR count). The van der Waals surface area contributed by atoms with Gasteiger partial charge in [-0.1, -0.05) is 0 Å². The van der Waals surface area contributed by atoms with Crippen LogP contribution in [-0.2, 0) is 4.74 Å². The zero-order valence-corrected chi connectivity index (χ0v) is 12.0. The standard InChI is InChI=1S/C12H16N4O6/c1-2-22-11(17)10-9(16(20)21)7-15(13-10)8-3-5-14(6-4-8)12(18)19/h7-8H,2-6H2,1H3,(H,18,19). The molecule has 1 aliphatic rings. The third kappa shape index (κ3) is 3.15. The lowest BCUT2D eigenvalue weighted by molar-refractivity contribution is -0.385. The summed E-state index contributed by atoms with van der Waals surface area (Å²) in [6.07, 6.45) is 1.17. The smallest absolute Gasteiger partial charge is 0.407 e.